The molecule has 0 bridgehead atoms. The maximum atomic E-state index is 12.0. The molecule has 0 fully saturated rings. The molecule has 134 valence electrons. The van der Waals surface area contributed by atoms with Crippen molar-refractivity contribution in [1.29, 1.82) is 0 Å². The summed E-state index contributed by atoms with van der Waals surface area (Å²) in [6.07, 6.45) is 3.47. The highest BCUT2D eigenvalue weighted by molar-refractivity contribution is 6.42. The lowest BCUT2D eigenvalue weighted by Gasteiger charge is -2.05. The first-order chi connectivity index (χ1) is 12.5. The van der Waals surface area contributed by atoms with E-state index in [4.69, 9.17) is 23.2 Å². The summed E-state index contributed by atoms with van der Waals surface area (Å²) in [5.74, 6) is -0.870. The molecule has 2 rings (SSSR count). The zero-order chi connectivity index (χ0) is 18.9. The molecule has 5 nitrogen and oxygen atoms in total. The molecule has 0 aliphatic rings. The molecule has 0 aromatic heterocycles. The number of amides is 2. The van der Waals surface area contributed by atoms with Crippen molar-refractivity contribution in [2.75, 3.05) is 6.54 Å². The predicted molar refractivity (Wildman–Crippen MR) is 106 cm³/mol. The summed E-state index contributed by atoms with van der Waals surface area (Å²) in [6.45, 7) is 1.66. The number of nitrogens with zero attached hydrogens (tertiary/aromatic N) is 1. The zero-order valence-electron chi connectivity index (χ0n) is 14.0. The van der Waals surface area contributed by atoms with Gasteiger partial charge in [-0.1, -0.05) is 59.6 Å². The molecule has 0 spiro atoms. The molecule has 2 amide bonds. The average Bonchev–Trinajstić information content (AvgIpc) is 2.62. The van der Waals surface area contributed by atoms with Gasteiger partial charge in [0, 0.05) is 5.56 Å². The minimum absolute atomic E-state index is 0.210. The van der Waals surface area contributed by atoms with Crippen LogP contribution < -0.4 is 10.7 Å². The van der Waals surface area contributed by atoms with Gasteiger partial charge in [-0.3, -0.25) is 9.59 Å². The van der Waals surface area contributed by atoms with E-state index in [1.54, 1.807) is 0 Å². The minimum atomic E-state index is -0.442. The van der Waals surface area contributed by atoms with Gasteiger partial charge in [0.2, 0.25) is 0 Å². The van der Waals surface area contributed by atoms with Gasteiger partial charge in [0.1, 0.15) is 0 Å². The molecule has 0 heterocycles. The number of hydrogen-bond donors (Lipinski definition) is 2. The van der Waals surface area contributed by atoms with Crippen LogP contribution in [-0.4, -0.2) is 24.6 Å². The topological polar surface area (TPSA) is 70.6 Å². The van der Waals surface area contributed by atoms with E-state index in [0.29, 0.717) is 10.6 Å². The van der Waals surface area contributed by atoms with Gasteiger partial charge in [0.25, 0.3) is 11.8 Å². The van der Waals surface area contributed by atoms with Crippen LogP contribution in [0.3, 0.4) is 0 Å². The second kappa shape index (κ2) is 9.75. The molecule has 0 unspecified atom stereocenters. The van der Waals surface area contributed by atoms with Crippen molar-refractivity contribution in [3.8, 4) is 0 Å². The summed E-state index contributed by atoms with van der Waals surface area (Å²) in [7, 11) is 0. The number of allylic oxidation sites excluding steroid dienone is 1. The summed E-state index contributed by atoms with van der Waals surface area (Å²) in [5.41, 5.74) is 4.58. The van der Waals surface area contributed by atoms with Crippen molar-refractivity contribution < 1.29 is 9.59 Å². The van der Waals surface area contributed by atoms with Gasteiger partial charge in [0.15, 0.2) is 0 Å². The second-order valence-corrected chi connectivity index (χ2v) is 6.22. The van der Waals surface area contributed by atoms with Gasteiger partial charge in [0.05, 0.1) is 22.8 Å². The molecule has 0 atom stereocenters. The highest BCUT2D eigenvalue weighted by Crippen LogP contribution is 2.22. The van der Waals surface area contributed by atoms with E-state index < -0.39 is 11.8 Å². The number of halogens is 2. The number of hydrogen-bond acceptors (Lipinski definition) is 3. The van der Waals surface area contributed by atoms with Gasteiger partial charge < -0.3 is 5.32 Å². The average molecular weight is 390 g/mol. The van der Waals surface area contributed by atoms with Crippen LogP contribution in [-0.2, 0) is 4.79 Å². The third-order valence-electron chi connectivity index (χ3n) is 3.24. The Labute approximate surface area is 161 Å². The highest BCUT2D eigenvalue weighted by Gasteiger charge is 2.09. The predicted octanol–water partition coefficient (Wildman–Crippen LogP) is 3.93. The lowest BCUT2D eigenvalue weighted by Crippen LogP contribution is -2.34. The molecule has 0 saturated carbocycles. The summed E-state index contributed by atoms with van der Waals surface area (Å²) in [5, 5.41) is 6.97. The van der Waals surface area contributed by atoms with Crippen molar-refractivity contribution in [2.45, 2.75) is 6.92 Å². The van der Waals surface area contributed by atoms with Gasteiger partial charge in [-0.05, 0) is 36.3 Å². The number of hydrazone groups is 1. The van der Waals surface area contributed by atoms with E-state index in [1.165, 1.54) is 24.4 Å². The first-order valence-electron chi connectivity index (χ1n) is 7.74. The molecule has 2 N–H and O–H groups in total. The van der Waals surface area contributed by atoms with E-state index in [2.05, 4.69) is 15.8 Å². The SMILES string of the molecule is CC(/C=N\NC(=O)CNC(=O)c1ccc(Cl)c(Cl)c1)=C/c1ccccc1. The summed E-state index contributed by atoms with van der Waals surface area (Å²) < 4.78 is 0. The van der Waals surface area contributed by atoms with Crippen LogP contribution in [0, 0.1) is 0 Å². The van der Waals surface area contributed by atoms with E-state index in [0.717, 1.165) is 11.1 Å². The van der Waals surface area contributed by atoms with Crippen LogP contribution in [0.15, 0.2) is 59.2 Å². The zero-order valence-corrected chi connectivity index (χ0v) is 15.5. The molecule has 0 radical (unpaired) electrons. The van der Waals surface area contributed by atoms with Gasteiger partial charge >= 0.3 is 0 Å². The van der Waals surface area contributed by atoms with Crippen LogP contribution in [0.25, 0.3) is 6.08 Å². The Morgan fingerprint density at radius 1 is 1.08 bits per heavy atom. The fourth-order valence-electron chi connectivity index (χ4n) is 2.00. The largest absolute Gasteiger partial charge is 0.343 e. The fraction of sp³-hybridized carbons (Fsp3) is 0.105. The smallest absolute Gasteiger partial charge is 0.259 e. The van der Waals surface area contributed by atoms with E-state index in [-0.39, 0.29) is 11.6 Å². The Morgan fingerprint density at radius 2 is 1.81 bits per heavy atom. The van der Waals surface area contributed by atoms with E-state index in [9.17, 15) is 9.59 Å². The molecule has 0 aliphatic heterocycles. The number of benzene rings is 2. The molecule has 2 aromatic carbocycles. The Kier molecular flexibility index (Phi) is 7.38. The van der Waals surface area contributed by atoms with Gasteiger partial charge in [-0.25, -0.2) is 5.43 Å². The minimum Gasteiger partial charge on any atom is -0.343 e. The first kappa shape index (κ1) is 19.7. The van der Waals surface area contributed by atoms with Gasteiger partial charge in [-0.15, -0.1) is 0 Å². The van der Waals surface area contributed by atoms with Crippen LogP contribution in [0.4, 0.5) is 0 Å². The number of carbonyl (C=O) groups is 2. The fourth-order valence-corrected chi connectivity index (χ4v) is 2.29. The molecule has 26 heavy (non-hydrogen) atoms. The lowest BCUT2D eigenvalue weighted by molar-refractivity contribution is -0.120. The molecular weight excluding hydrogens is 373 g/mol. The second-order valence-electron chi connectivity index (χ2n) is 5.40. The number of carbonyl (C=O) groups excluding carboxylic acids is 2. The van der Waals surface area contributed by atoms with E-state index in [1.807, 2.05) is 43.3 Å². The van der Waals surface area contributed by atoms with Crippen LogP contribution in [0.5, 0.6) is 0 Å². The summed E-state index contributed by atoms with van der Waals surface area (Å²) in [6, 6.07) is 14.2. The Morgan fingerprint density at radius 3 is 2.50 bits per heavy atom. The maximum absolute atomic E-state index is 12.0. The third-order valence-corrected chi connectivity index (χ3v) is 3.98. The van der Waals surface area contributed by atoms with Crippen LogP contribution in [0.2, 0.25) is 10.0 Å². The maximum Gasteiger partial charge on any atom is 0.259 e. The standard InChI is InChI=1S/C19H17Cl2N3O2/c1-13(9-14-5-3-2-4-6-14)11-23-24-18(25)12-22-19(26)15-7-8-16(20)17(21)10-15/h2-11H,12H2,1H3,(H,22,26)(H,24,25)/b13-9-,23-11-. The molecule has 2 aromatic rings. The molecule has 0 aliphatic carbocycles. The Bertz CT molecular complexity index is 849. The molecular formula is C19H17Cl2N3O2. The normalized spacial score (nSPS) is 11.4. The Hall–Kier alpha value is -2.63. The van der Waals surface area contributed by atoms with Gasteiger partial charge in [-0.2, -0.15) is 5.10 Å². The molecule has 7 heteroatoms. The van der Waals surface area contributed by atoms with Crippen molar-refractivity contribution >= 4 is 47.3 Å². The van der Waals surface area contributed by atoms with Crippen molar-refractivity contribution in [3.63, 3.8) is 0 Å². The molecule has 0 saturated heterocycles. The third kappa shape index (κ3) is 6.35. The van der Waals surface area contributed by atoms with Crippen LogP contribution >= 0.6 is 23.2 Å². The lowest BCUT2D eigenvalue weighted by atomic mass is 10.1. The van der Waals surface area contributed by atoms with Crippen LogP contribution in [0.1, 0.15) is 22.8 Å². The van der Waals surface area contributed by atoms with Crippen molar-refractivity contribution in [1.82, 2.24) is 10.7 Å². The quantitative estimate of drug-likeness (QED) is 0.580. The Balaban J connectivity index is 1.80. The van der Waals surface area contributed by atoms with Crippen molar-refractivity contribution in [3.05, 3.63) is 75.3 Å². The summed E-state index contributed by atoms with van der Waals surface area (Å²) >= 11 is 11.7. The first-order valence-corrected chi connectivity index (χ1v) is 8.50. The summed E-state index contributed by atoms with van der Waals surface area (Å²) in [4.78, 5) is 23.7. The highest BCUT2D eigenvalue weighted by atomic mass is 35.5. The number of rotatable bonds is 6. The monoisotopic (exact) mass is 389 g/mol. The van der Waals surface area contributed by atoms with Crippen molar-refractivity contribution in [2.24, 2.45) is 5.10 Å². The van der Waals surface area contributed by atoms with E-state index >= 15 is 0 Å². The number of nitrogens with one attached hydrogen (secondary N) is 2.